The van der Waals surface area contributed by atoms with Crippen LogP contribution < -0.4 is 0 Å². The van der Waals surface area contributed by atoms with E-state index in [0.717, 1.165) is 31.3 Å². The molecule has 1 aliphatic heterocycles. The average molecular weight is 410 g/mol. The minimum atomic E-state index is -1.84. The third-order valence-corrected chi connectivity index (χ3v) is 11.0. The van der Waals surface area contributed by atoms with Crippen molar-refractivity contribution in [1.82, 2.24) is 4.90 Å². The number of aliphatic hydroxyl groups excluding tert-OH is 1. The topological polar surface area (TPSA) is 49.8 Å². The third-order valence-electron chi connectivity index (χ3n) is 6.45. The summed E-state index contributed by atoms with van der Waals surface area (Å²) in [5.74, 6) is 0.340. The Balaban J connectivity index is 3.14. The van der Waals surface area contributed by atoms with Crippen LogP contribution in [0.3, 0.4) is 0 Å². The molecule has 4 nitrogen and oxygen atoms in total. The third kappa shape index (κ3) is 7.16. The predicted molar refractivity (Wildman–Crippen MR) is 121 cm³/mol. The van der Waals surface area contributed by atoms with Crippen molar-refractivity contribution >= 4 is 14.2 Å². The lowest BCUT2D eigenvalue weighted by atomic mass is 9.91. The first-order valence-corrected chi connectivity index (χ1v) is 13.7. The summed E-state index contributed by atoms with van der Waals surface area (Å²) >= 11 is 0. The zero-order valence-corrected chi connectivity index (χ0v) is 20.4. The fraction of sp³-hybridized carbons (Fsp3) is 0.783. The molecule has 0 saturated heterocycles. The van der Waals surface area contributed by atoms with Crippen LogP contribution in [0, 0.1) is 5.92 Å². The highest BCUT2D eigenvalue weighted by Gasteiger charge is 2.38. The van der Waals surface area contributed by atoms with E-state index in [4.69, 9.17) is 4.43 Å². The Morgan fingerprint density at radius 3 is 2.50 bits per heavy atom. The van der Waals surface area contributed by atoms with E-state index >= 15 is 0 Å². The van der Waals surface area contributed by atoms with Crippen LogP contribution in [0.15, 0.2) is 23.8 Å². The average Bonchev–Trinajstić information content (AvgIpc) is 2.57. The SMILES string of the molecule is CC(=CCO)C1C(C)C=CC(O[Si](C)(C)C(C)(C)C)CCCCCC(=O)N1C. The van der Waals surface area contributed by atoms with E-state index < -0.39 is 8.32 Å². The molecule has 1 N–H and O–H groups in total. The summed E-state index contributed by atoms with van der Waals surface area (Å²) in [5, 5.41) is 9.53. The summed E-state index contributed by atoms with van der Waals surface area (Å²) in [7, 11) is 0.0494. The van der Waals surface area contributed by atoms with Gasteiger partial charge in [0.25, 0.3) is 0 Å². The van der Waals surface area contributed by atoms with E-state index in [2.05, 4.69) is 52.9 Å². The van der Waals surface area contributed by atoms with Crippen molar-refractivity contribution in [2.75, 3.05) is 13.7 Å². The van der Waals surface area contributed by atoms with Gasteiger partial charge in [-0.2, -0.15) is 0 Å². The largest absolute Gasteiger partial charge is 0.411 e. The molecule has 0 aromatic heterocycles. The van der Waals surface area contributed by atoms with Gasteiger partial charge in [-0.05, 0) is 43.8 Å². The Morgan fingerprint density at radius 2 is 1.93 bits per heavy atom. The molecule has 0 aromatic carbocycles. The van der Waals surface area contributed by atoms with Gasteiger partial charge in [-0.25, -0.2) is 0 Å². The van der Waals surface area contributed by atoms with Gasteiger partial charge >= 0.3 is 0 Å². The molecule has 1 amide bonds. The minimum Gasteiger partial charge on any atom is -0.411 e. The van der Waals surface area contributed by atoms with Crippen LogP contribution in [-0.4, -0.2) is 50.0 Å². The number of carbonyl (C=O) groups excluding carboxylic acids is 1. The zero-order chi connectivity index (χ0) is 21.5. The number of amides is 1. The molecule has 0 radical (unpaired) electrons. The summed E-state index contributed by atoms with van der Waals surface area (Å²) in [4.78, 5) is 14.5. The Kier molecular flexibility index (Phi) is 9.64. The van der Waals surface area contributed by atoms with Gasteiger partial charge in [0.15, 0.2) is 8.32 Å². The van der Waals surface area contributed by atoms with Crippen LogP contribution in [0.25, 0.3) is 0 Å². The van der Waals surface area contributed by atoms with Gasteiger partial charge in [-0.15, -0.1) is 0 Å². The Hall–Kier alpha value is -0.913. The van der Waals surface area contributed by atoms with Gasteiger partial charge in [0.1, 0.15) is 0 Å². The highest BCUT2D eigenvalue weighted by atomic mass is 28.4. The van der Waals surface area contributed by atoms with Crippen LogP contribution in [0.4, 0.5) is 0 Å². The van der Waals surface area contributed by atoms with Gasteiger partial charge in [-0.1, -0.05) is 64.3 Å². The maximum Gasteiger partial charge on any atom is 0.222 e. The standard InChI is InChI=1S/C23H43NO3Si/c1-18-14-15-20(27-28(7,8)23(3,4)5)12-10-9-11-13-21(26)24(6)22(18)19(2)16-17-25/h14-16,18,20,22,25H,9-13,17H2,1-8H3. The molecule has 1 aliphatic rings. The Labute approximate surface area is 174 Å². The first-order valence-electron chi connectivity index (χ1n) is 10.8. The lowest BCUT2D eigenvalue weighted by Gasteiger charge is -2.39. The number of aliphatic hydroxyl groups is 1. The first kappa shape index (κ1) is 25.1. The van der Waals surface area contributed by atoms with Crippen LogP contribution in [0.5, 0.6) is 0 Å². The van der Waals surface area contributed by atoms with Gasteiger partial charge in [0.2, 0.25) is 5.91 Å². The zero-order valence-electron chi connectivity index (χ0n) is 19.4. The number of likely N-dealkylation sites (N-methyl/N-ethyl adjacent to an activating group) is 1. The van der Waals surface area contributed by atoms with Crippen molar-refractivity contribution in [3.8, 4) is 0 Å². The van der Waals surface area contributed by atoms with Crippen molar-refractivity contribution in [3.05, 3.63) is 23.8 Å². The monoisotopic (exact) mass is 409 g/mol. The Bertz CT molecular complexity index is 563. The van der Waals surface area contributed by atoms with Crippen LogP contribution >= 0.6 is 0 Å². The molecule has 162 valence electrons. The molecular formula is C23H43NO3Si. The van der Waals surface area contributed by atoms with Gasteiger partial charge in [0, 0.05) is 13.5 Å². The molecule has 0 aliphatic carbocycles. The lowest BCUT2D eigenvalue weighted by Crippen LogP contribution is -2.44. The fourth-order valence-electron chi connectivity index (χ4n) is 3.62. The van der Waals surface area contributed by atoms with Crippen molar-refractivity contribution in [2.45, 2.75) is 97.0 Å². The van der Waals surface area contributed by atoms with Crippen LogP contribution in [0.1, 0.15) is 66.7 Å². The summed E-state index contributed by atoms with van der Waals surface area (Å²) in [6, 6.07) is -0.0381. The van der Waals surface area contributed by atoms with Crippen molar-refractivity contribution < 1.29 is 14.3 Å². The molecule has 0 fully saturated rings. The molecule has 1 heterocycles. The highest BCUT2D eigenvalue weighted by molar-refractivity contribution is 6.74. The fourth-order valence-corrected chi connectivity index (χ4v) is 4.93. The van der Waals surface area contributed by atoms with Crippen molar-refractivity contribution in [1.29, 1.82) is 0 Å². The van der Waals surface area contributed by atoms with Gasteiger partial charge in [-0.3, -0.25) is 4.79 Å². The summed E-state index contributed by atoms with van der Waals surface area (Å²) < 4.78 is 6.70. The van der Waals surface area contributed by atoms with E-state index in [1.807, 2.05) is 24.9 Å². The molecule has 5 heteroatoms. The smallest absolute Gasteiger partial charge is 0.222 e. The summed E-state index contributed by atoms with van der Waals surface area (Å²) in [5.41, 5.74) is 1.04. The van der Waals surface area contributed by atoms with Gasteiger partial charge < -0.3 is 14.4 Å². The molecular weight excluding hydrogens is 366 g/mol. The van der Waals surface area contributed by atoms with E-state index in [9.17, 15) is 9.90 Å². The molecule has 0 aromatic rings. The maximum atomic E-state index is 12.7. The molecule has 3 atom stereocenters. The van der Waals surface area contributed by atoms with Crippen molar-refractivity contribution in [2.24, 2.45) is 5.92 Å². The second-order valence-electron chi connectivity index (χ2n) is 9.84. The highest BCUT2D eigenvalue weighted by Crippen LogP contribution is 2.38. The number of hydrogen-bond donors (Lipinski definition) is 1. The lowest BCUT2D eigenvalue weighted by molar-refractivity contribution is -0.132. The number of rotatable bonds is 4. The summed E-state index contributed by atoms with van der Waals surface area (Å²) in [6.45, 7) is 15.6. The second kappa shape index (κ2) is 10.7. The van der Waals surface area contributed by atoms with Gasteiger partial charge in [0.05, 0.1) is 18.8 Å². The molecule has 3 unspecified atom stereocenters. The minimum absolute atomic E-state index is 0.00208. The first-order chi connectivity index (χ1) is 12.9. The Morgan fingerprint density at radius 1 is 1.29 bits per heavy atom. The summed E-state index contributed by atoms with van der Waals surface area (Å²) in [6.07, 6.45) is 11.0. The number of nitrogens with zero attached hydrogens (tertiary/aromatic N) is 1. The number of hydrogen-bond acceptors (Lipinski definition) is 3. The molecule has 1 rings (SSSR count). The van der Waals surface area contributed by atoms with E-state index in [1.54, 1.807) is 0 Å². The van der Waals surface area contributed by atoms with E-state index in [0.29, 0.717) is 6.42 Å². The normalized spacial score (nSPS) is 26.8. The second-order valence-corrected chi connectivity index (χ2v) is 14.6. The van der Waals surface area contributed by atoms with E-state index in [1.165, 1.54) is 0 Å². The van der Waals surface area contributed by atoms with Crippen molar-refractivity contribution in [3.63, 3.8) is 0 Å². The predicted octanol–water partition coefficient (Wildman–Crippen LogP) is 5.30. The molecule has 0 spiro atoms. The molecule has 28 heavy (non-hydrogen) atoms. The number of carbonyl (C=O) groups is 1. The quantitative estimate of drug-likeness (QED) is 0.506. The molecule has 0 saturated carbocycles. The van der Waals surface area contributed by atoms with E-state index in [-0.39, 0.29) is 35.6 Å². The maximum absolute atomic E-state index is 12.7. The van der Waals surface area contributed by atoms with Crippen LogP contribution in [-0.2, 0) is 9.22 Å². The van der Waals surface area contributed by atoms with Crippen LogP contribution in [0.2, 0.25) is 18.1 Å². The molecule has 0 bridgehead atoms.